The lowest BCUT2D eigenvalue weighted by Crippen LogP contribution is -2.36. The Morgan fingerprint density at radius 2 is 2.13 bits per heavy atom. The van der Waals surface area contributed by atoms with E-state index < -0.39 is 0 Å². The molecule has 0 amide bonds. The fraction of sp³-hybridized carbons (Fsp3) is 0.217. The Kier molecular flexibility index (Phi) is 4.52. The van der Waals surface area contributed by atoms with E-state index in [4.69, 9.17) is 4.42 Å². The van der Waals surface area contributed by atoms with Crippen LogP contribution >= 0.6 is 0 Å². The summed E-state index contributed by atoms with van der Waals surface area (Å²) in [4.78, 5) is 39.3. The van der Waals surface area contributed by atoms with Gasteiger partial charge >= 0.3 is 0 Å². The summed E-state index contributed by atoms with van der Waals surface area (Å²) >= 11 is 0. The maximum Gasteiger partial charge on any atom is 0.255 e. The summed E-state index contributed by atoms with van der Waals surface area (Å²) in [5, 5.41) is 0.588. The minimum atomic E-state index is -0.148. The Morgan fingerprint density at radius 1 is 1.23 bits per heavy atom. The molecule has 0 saturated heterocycles. The van der Waals surface area contributed by atoms with E-state index in [1.165, 1.54) is 6.26 Å². The highest BCUT2D eigenvalue weighted by molar-refractivity contribution is 5.77. The van der Waals surface area contributed by atoms with Crippen LogP contribution in [0, 0.1) is 6.92 Å². The SMILES string of the molecule is Cc1ccc2occ(CN3CCc4nc(-c5cccnc5)[nH]c(=O)c4C3)c(=O)c2c1. The number of aryl methyl sites for hydroxylation is 1. The van der Waals surface area contributed by atoms with E-state index >= 15 is 0 Å². The zero-order chi connectivity index (χ0) is 20.7. The Balaban J connectivity index is 1.43. The van der Waals surface area contributed by atoms with Crippen molar-refractivity contribution in [2.75, 3.05) is 6.54 Å². The quantitative estimate of drug-likeness (QED) is 0.569. The third-order valence-corrected chi connectivity index (χ3v) is 5.48. The Bertz CT molecular complexity index is 1360. The molecular weight excluding hydrogens is 380 g/mol. The molecule has 5 rings (SSSR count). The molecular formula is C23H20N4O3. The number of nitrogens with zero attached hydrogens (tertiary/aromatic N) is 3. The average Bonchev–Trinajstić information content (AvgIpc) is 2.77. The number of fused-ring (bicyclic) bond motifs is 2. The highest BCUT2D eigenvalue weighted by Gasteiger charge is 2.22. The topological polar surface area (TPSA) is 92.1 Å². The van der Waals surface area contributed by atoms with Crippen molar-refractivity contribution in [2.24, 2.45) is 0 Å². The number of aromatic nitrogens is 3. The number of aromatic amines is 1. The van der Waals surface area contributed by atoms with Crippen LogP contribution in [0.15, 0.2) is 63.0 Å². The van der Waals surface area contributed by atoms with Gasteiger partial charge in [-0.05, 0) is 31.2 Å². The van der Waals surface area contributed by atoms with E-state index in [0.29, 0.717) is 54.0 Å². The summed E-state index contributed by atoms with van der Waals surface area (Å²) in [7, 11) is 0. The molecule has 1 aromatic carbocycles. The summed E-state index contributed by atoms with van der Waals surface area (Å²) < 4.78 is 5.67. The molecule has 30 heavy (non-hydrogen) atoms. The van der Waals surface area contributed by atoms with Gasteiger partial charge in [0, 0.05) is 49.6 Å². The number of hydrogen-bond acceptors (Lipinski definition) is 6. The van der Waals surface area contributed by atoms with Crippen LogP contribution in [0.4, 0.5) is 0 Å². The number of benzene rings is 1. The normalized spacial score (nSPS) is 14.0. The molecule has 3 aromatic heterocycles. The van der Waals surface area contributed by atoms with Crippen molar-refractivity contribution in [2.45, 2.75) is 26.4 Å². The van der Waals surface area contributed by atoms with Crippen LogP contribution in [-0.4, -0.2) is 26.4 Å². The number of hydrogen-bond donors (Lipinski definition) is 1. The van der Waals surface area contributed by atoms with Crippen LogP contribution in [-0.2, 0) is 19.5 Å². The van der Waals surface area contributed by atoms with Gasteiger partial charge in [0.15, 0.2) is 5.43 Å². The Labute approximate surface area is 172 Å². The second kappa shape index (κ2) is 7.35. The lowest BCUT2D eigenvalue weighted by atomic mass is 10.1. The van der Waals surface area contributed by atoms with E-state index in [0.717, 1.165) is 16.8 Å². The van der Waals surface area contributed by atoms with Gasteiger partial charge in [-0.15, -0.1) is 0 Å². The molecule has 7 heteroatoms. The maximum atomic E-state index is 12.9. The molecule has 0 atom stereocenters. The van der Waals surface area contributed by atoms with Crippen molar-refractivity contribution < 1.29 is 4.42 Å². The van der Waals surface area contributed by atoms with Crippen LogP contribution < -0.4 is 11.0 Å². The summed E-state index contributed by atoms with van der Waals surface area (Å²) in [6, 6.07) is 9.27. The van der Waals surface area contributed by atoms with Gasteiger partial charge in [0.1, 0.15) is 11.4 Å². The lowest BCUT2D eigenvalue weighted by molar-refractivity contribution is 0.239. The summed E-state index contributed by atoms with van der Waals surface area (Å²) in [6.45, 7) is 3.53. The van der Waals surface area contributed by atoms with E-state index in [9.17, 15) is 9.59 Å². The van der Waals surface area contributed by atoms with Crippen LogP contribution in [0.5, 0.6) is 0 Å². The van der Waals surface area contributed by atoms with Crippen molar-refractivity contribution >= 4 is 11.0 Å². The first kappa shape index (κ1) is 18.4. The molecule has 0 spiro atoms. The van der Waals surface area contributed by atoms with Gasteiger partial charge in [-0.25, -0.2) is 4.98 Å². The standard InChI is InChI=1S/C23H20N4O3/c1-14-4-5-20-17(9-14)21(28)16(13-30-20)11-27-8-6-19-18(12-27)23(29)26-22(25-19)15-3-2-7-24-10-15/h2-5,7,9-10,13H,6,8,11-12H2,1H3,(H,25,26,29). The van der Waals surface area contributed by atoms with Crippen LogP contribution in [0.2, 0.25) is 0 Å². The molecule has 4 aromatic rings. The van der Waals surface area contributed by atoms with Crippen LogP contribution in [0.3, 0.4) is 0 Å². The van der Waals surface area contributed by atoms with E-state index in [1.807, 2.05) is 37.3 Å². The zero-order valence-electron chi connectivity index (χ0n) is 16.5. The largest absolute Gasteiger partial charge is 0.464 e. The minimum Gasteiger partial charge on any atom is -0.464 e. The van der Waals surface area contributed by atoms with Gasteiger partial charge in [-0.2, -0.15) is 0 Å². The maximum absolute atomic E-state index is 12.9. The van der Waals surface area contributed by atoms with E-state index in [1.54, 1.807) is 12.4 Å². The van der Waals surface area contributed by atoms with Crippen molar-refractivity contribution in [3.05, 3.63) is 92.0 Å². The molecule has 1 N–H and O–H groups in total. The molecule has 0 bridgehead atoms. The fourth-order valence-electron chi connectivity index (χ4n) is 3.89. The van der Waals surface area contributed by atoms with Gasteiger partial charge in [0.2, 0.25) is 0 Å². The first-order valence-corrected chi connectivity index (χ1v) is 9.84. The number of pyridine rings is 1. The lowest BCUT2D eigenvalue weighted by Gasteiger charge is -2.27. The first-order chi connectivity index (χ1) is 14.6. The van der Waals surface area contributed by atoms with Crippen molar-refractivity contribution in [3.8, 4) is 11.4 Å². The number of nitrogens with one attached hydrogen (secondary N) is 1. The molecule has 0 unspecified atom stereocenters. The summed E-state index contributed by atoms with van der Waals surface area (Å²) in [6.07, 6.45) is 5.54. The van der Waals surface area contributed by atoms with Crippen molar-refractivity contribution in [1.82, 2.24) is 19.9 Å². The van der Waals surface area contributed by atoms with Gasteiger partial charge in [0.05, 0.1) is 22.9 Å². The second-order valence-electron chi connectivity index (χ2n) is 7.63. The fourth-order valence-corrected chi connectivity index (χ4v) is 3.89. The summed E-state index contributed by atoms with van der Waals surface area (Å²) in [5.74, 6) is 0.533. The molecule has 1 aliphatic heterocycles. The molecule has 7 nitrogen and oxygen atoms in total. The van der Waals surface area contributed by atoms with Gasteiger partial charge in [0.25, 0.3) is 5.56 Å². The molecule has 0 radical (unpaired) electrons. The van der Waals surface area contributed by atoms with Gasteiger partial charge in [-0.1, -0.05) is 11.6 Å². The predicted molar refractivity (Wildman–Crippen MR) is 113 cm³/mol. The van der Waals surface area contributed by atoms with Gasteiger partial charge < -0.3 is 9.40 Å². The van der Waals surface area contributed by atoms with E-state index in [2.05, 4.69) is 19.9 Å². The number of rotatable bonds is 3. The van der Waals surface area contributed by atoms with Crippen molar-refractivity contribution in [1.29, 1.82) is 0 Å². The van der Waals surface area contributed by atoms with Crippen molar-refractivity contribution in [3.63, 3.8) is 0 Å². The molecule has 0 aliphatic carbocycles. The smallest absolute Gasteiger partial charge is 0.255 e. The molecule has 4 heterocycles. The van der Waals surface area contributed by atoms with Crippen LogP contribution in [0.1, 0.15) is 22.4 Å². The molecule has 0 fully saturated rings. The minimum absolute atomic E-state index is 0.0234. The third-order valence-electron chi connectivity index (χ3n) is 5.48. The average molecular weight is 400 g/mol. The molecule has 0 saturated carbocycles. The van der Waals surface area contributed by atoms with Crippen LogP contribution in [0.25, 0.3) is 22.4 Å². The first-order valence-electron chi connectivity index (χ1n) is 9.84. The molecule has 1 aliphatic rings. The Morgan fingerprint density at radius 3 is 2.97 bits per heavy atom. The highest BCUT2D eigenvalue weighted by atomic mass is 16.3. The Hall–Kier alpha value is -3.58. The van der Waals surface area contributed by atoms with E-state index in [-0.39, 0.29) is 11.0 Å². The summed E-state index contributed by atoms with van der Waals surface area (Å²) in [5.41, 5.74) is 4.25. The monoisotopic (exact) mass is 400 g/mol. The highest BCUT2D eigenvalue weighted by Crippen LogP contribution is 2.20. The van der Waals surface area contributed by atoms with Gasteiger partial charge in [-0.3, -0.25) is 19.5 Å². The number of H-pyrrole nitrogens is 1. The molecule has 150 valence electrons. The predicted octanol–water partition coefficient (Wildman–Crippen LogP) is 2.81. The second-order valence-corrected chi connectivity index (χ2v) is 7.63. The third kappa shape index (κ3) is 3.33. The zero-order valence-corrected chi connectivity index (χ0v) is 16.5.